The topological polar surface area (TPSA) is 72.8 Å². The van der Waals surface area contributed by atoms with Gasteiger partial charge in [-0.3, -0.25) is 9.59 Å². The number of rotatable bonds is 8. The molecule has 1 N–H and O–H groups in total. The Bertz CT molecular complexity index is 262. The van der Waals surface area contributed by atoms with Crippen LogP contribution in [0.1, 0.15) is 34.1 Å². The van der Waals surface area contributed by atoms with Crippen molar-refractivity contribution in [3.05, 3.63) is 0 Å². The van der Waals surface area contributed by atoms with Crippen LogP contribution in [-0.4, -0.2) is 36.9 Å². The molecule has 0 aromatic heterocycles. The second kappa shape index (κ2) is 7.27. The third-order valence-corrected chi connectivity index (χ3v) is 2.85. The maximum absolute atomic E-state index is 11.9. The van der Waals surface area contributed by atoms with Crippen molar-refractivity contribution < 1.29 is 24.2 Å². The summed E-state index contributed by atoms with van der Waals surface area (Å²) in [7, 11) is 0. The molecular weight excluding hydrogens is 224 g/mol. The van der Waals surface area contributed by atoms with Crippen LogP contribution in [0.25, 0.3) is 0 Å². The van der Waals surface area contributed by atoms with Gasteiger partial charge in [-0.2, -0.15) is 0 Å². The first kappa shape index (κ1) is 15.9. The Hall–Kier alpha value is -1.10. The predicted octanol–water partition coefficient (Wildman–Crippen LogP) is 1.70. The molecule has 0 saturated heterocycles. The van der Waals surface area contributed by atoms with Gasteiger partial charge in [-0.25, -0.2) is 0 Å². The van der Waals surface area contributed by atoms with E-state index in [-0.39, 0.29) is 25.6 Å². The van der Waals surface area contributed by atoms with Crippen LogP contribution in [-0.2, 0) is 19.1 Å². The molecule has 0 aromatic carbocycles. The van der Waals surface area contributed by atoms with Crippen LogP contribution in [0.3, 0.4) is 0 Å². The van der Waals surface area contributed by atoms with Crippen LogP contribution in [0.5, 0.6) is 0 Å². The third-order valence-electron chi connectivity index (χ3n) is 2.85. The van der Waals surface area contributed by atoms with Gasteiger partial charge < -0.3 is 14.6 Å². The Kier molecular flexibility index (Phi) is 6.80. The standard InChI is InChI=1S/C12H22O5/c1-5-16-8-7-12(9(3)4,10(13)14)11(15)17-6-2/h9H,5-8H2,1-4H3,(H,13,14). The molecule has 0 aliphatic rings. The minimum Gasteiger partial charge on any atom is -0.480 e. The zero-order valence-corrected chi connectivity index (χ0v) is 11.0. The van der Waals surface area contributed by atoms with Gasteiger partial charge in [0.25, 0.3) is 0 Å². The summed E-state index contributed by atoms with van der Waals surface area (Å²) in [6.45, 7) is 7.80. The minimum atomic E-state index is -1.51. The molecule has 5 heteroatoms. The Morgan fingerprint density at radius 2 is 1.82 bits per heavy atom. The molecule has 17 heavy (non-hydrogen) atoms. The fraction of sp³-hybridized carbons (Fsp3) is 0.833. The number of carbonyl (C=O) groups is 2. The van der Waals surface area contributed by atoms with Gasteiger partial charge in [0, 0.05) is 13.2 Å². The Morgan fingerprint density at radius 1 is 1.24 bits per heavy atom. The molecular formula is C12H22O5. The van der Waals surface area contributed by atoms with Gasteiger partial charge in [0.2, 0.25) is 0 Å². The van der Waals surface area contributed by atoms with Crippen LogP contribution in [0.15, 0.2) is 0 Å². The smallest absolute Gasteiger partial charge is 0.323 e. The summed E-state index contributed by atoms with van der Waals surface area (Å²) in [4.78, 5) is 23.3. The largest absolute Gasteiger partial charge is 0.480 e. The Balaban J connectivity index is 5.00. The molecule has 0 fully saturated rings. The average Bonchev–Trinajstić information content (AvgIpc) is 2.23. The fourth-order valence-corrected chi connectivity index (χ4v) is 1.71. The van der Waals surface area contributed by atoms with E-state index in [0.717, 1.165) is 0 Å². The van der Waals surface area contributed by atoms with Crippen molar-refractivity contribution in [2.75, 3.05) is 19.8 Å². The number of carbonyl (C=O) groups excluding carboxylic acids is 1. The van der Waals surface area contributed by atoms with E-state index < -0.39 is 17.4 Å². The Labute approximate surface area is 102 Å². The number of carboxylic acid groups (broad SMARTS) is 1. The van der Waals surface area contributed by atoms with Gasteiger partial charge in [0.05, 0.1) is 6.61 Å². The minimum absolute atomic E-state index is 0.132. The van der Waals surface area contributed by atoms with E-state index in [1.54, 1.807) is 20.8 Å². The lowest BCUT2D eigenvalue weighted by atomic mass is 9.74. The number of hydrogen-bond acceptors (Lipinski definition) is 4. The number of ether oxygens (including phenoxy) is 2. The fourth-order valence-electron chi connectivity index (χ4n) is 1.71. The molecule has 5 nitrogen and oxygen atoms in total. The van der Waals surface area contributed by atoms with Crippen molar-refractivity contribution in [3.63, 3.8) is 0 Å². The summed E-state index contributed by atoms with van der Waals surface area (Å²) in [6.07, 6.45) is 0.132. The van der Waals surface area contributed by atoms with E-state index in [2.05, 4.69) is 0 Å². The van der Waals surface area contributed by atoms with Crippen molar-refractivity contribution in [3.8, 4) is 0 Å². The number of carboxylic acids is 1. The highest BCUT2D eigenvalue weighted by molar-refractivity contribution is 5.99. The first-order chi connectivity index (χ1) is 7.93. The lowest BCUT2D eigenvalue weighted by molar-refractivity contribution is -0.174. The molecule has 0 radical (unpaired) electrons. The number of esters is 1. The van der Waals surface area contributed by atoms with E-state index in [1.165, 1.54) is 0 Å². The van der Waals surface area contributed by atoms with Crippen molar-refractivity contribution in [1.29, 1.82) is 0 Å². The molecule has 0 amide bonds. The lowest BCUT2D eigenvalue weighted by Crippen LogP contribution is -2.46. The van der Waals surface area contributed by atoms with Gasteiger partial charge in [0.15, 0.2) is 5.41 Å². The average molecular weight is 246 g/mol. The van der Waals surface area contributed by atoms with Gasteiger partial charge in [-0.1, -0.05) is 13.8 Å². The molecule has 0 spiro atoms. The molecule has 1 atom stereocenters. The van der Waals surface area contributed by atoms with Gasteiger partial charge >= 0.3 is 11.9 Å². The predicted molar refractivity (Wildman–Crippen MR) is 62.6 cm³/mol. The molecule has 100 valence electrons. The molecule has 0 rings (SSSR count). The Morgan fingerprint density at radius 3 is 2.18 bits per heavy atom. The van der Waals surface area contributed by atoms with E-state index in [9.17, 15) is 14.7 Å². The zero-order valence-electron chi connectivity index (χ0n) is 11.0. The zero-order chi connectivity index (χ0) is 13.5. The maximum atomic E-state index is 11.9. The van der Waals surface area contributed by atoms with E-state index >= 15 is 0 Å². The lowest BCUT2D eigenvalue weighted by Gasteiger charge is -2.30. The van der Waals surface area contributed by atoms with Gasteiger partial charge in [-0.05, 0) is 26.2 Å². The van der Waals surface area contributed by atoms with Crippen LogP contribution >= 0.6 is 0 Å². The summed E-state index contributed by atoms with van der Waals surface area (Å²) in [5.41, 5.74) is -1.51. The first-order valence-electron chi connectivity index (χ1n) is 5.91. The molecule has 0 bridgehead atoms. The van der Waals surface area contributed by atoms with Crippen molar-refractivity contribution in [2.24, 2.45) is 11.3 Å². The van der Waals surface area contributed by atoms with Crippen molar-refractivity contribution >= 4 is 11.9 Å². The summed E-state index contributed by atoms with van der Waals surface area (Å²) >= 11 is 0. The summed E-state index contributed by atoms with van der Waals surface area (Å²) in [6, 6.07) is 0. The van der Waals surface area contributed by atoms with Crippen LogP contribution in [0, 0.1) is 11.3 Å². The highest BCUT2D eigenvalue weighted by Gasteiger charge is 2.50. The highest BCUT2D eigenvalue weighted by atomic mass is 16.5. The summed E-state index contributed by atoms with van der Waals surface area (Å²) in [5, 5.41) is 9.33. The van der Waals surface area contributed by atoms with Crippen molar-refractivity contribution in [1.82, 2.24) is 0 Å². The molecule has 0 saturated carbocycles. The quantitative estimate of drug-likeness (QED) is 0.401. The molecule has 1 unspecified atom stereocenters. The second-order valence-corrected chi connectivity index (χ2v) is 4.10. The van der Waals surface area contributed by atoms with E-state index in [0.29, 0.717) is 6.61 Å². The normalized spacial score (nSPS) is 14.4. The molecule has 0 aliphatic carbocycles. The summed E-state index contributed by atoms with van der Waals surface area (Å²) < 4.78 is 10.0. The van der Waals surface area contributed by atoms with E-state index in [4.69, 9.17) is 9.47 Å². The molecule has 0 aliphatic heterocycles. The van der Waals surface area contributed by atoms with Gasteiger partial charge in [-0.15, -0.1) is 0 Å². The van der Waals surface area contributed by atoms with Crippen molar-refractivity contribution in [2.45, 2.75) is 34.1 Å². The molecule has 0 aromatic rings. The monoisotopic (exact) mass is 246 g/mol. The SMILES string of the molecule is CCOCCC(C(=O)O)(C(=O)OCC)C(C)C. The molecule has 0 heterocycles. The first-order valence-corrected chi connectivity index (χ1v) is 5.91. The number of hydrogen-bond donors (Lipinski definition) is 1. The summed E-state index contributed by atoms with van der Waals surface area (Å²) in [5.74, 6) is -2.17. The maximum Gasteiger partial charge on any atom is 0.323 e. The number of aliphatic carboxylic acids is 1. The van der Waals surface area contributed by atoms with E-state index in [1.807, 2.05) is 6.92 Å². The van der Waals surface area contributed by atoms with Crippen LogP contribution in [0.4, 0.5) is 0 Å². The van der Waals surface area contributed by atoms with Crippen LogP contribution < -0.4 is 0 Å². The highest BCUT2D eigenvalue weighted by Crippen LogP contribution is 2.33. The third kappa shape index (κ3) is 3.70. The van der Waals surface area contributed by atoms with Crippen LogP contribution in [0.2, 0.25) is 0 Å². The van der Waals surface area contributed by atoms with Gasteiger partial charge in [0.1, 0.15) is 0 Å². The second-order valence-electron chi connectivity index (χ2n) is 4.10.